The summed E-state index contributed by atoms with van der Waals surface area (Å²) in [7, 11) is 1.52. The Morgan fingerprint density at radius 2 is 1.72 bits per heavy atom. The van der Waals surface area contributed by atoms with Crippen LogP contribution in [0.2, 0.25) is 0 Å². The number of aromatic nitrogens is 2. The molecule has 0 aliphatic heterocycles. The molecule has 6 nitrogen and oxygen atoms in total. The molecule has 1 N–H and O–H groups in total. The molecule has 4 rings (SSSR count). The van der Waals surface area contributed by atoms with Gasteiger partial charge in [0.2, 0.25) is 11.8 Å². The van der Waals surface area contributed by atoms with Crippen LogP contribution in [0.4, 0.5) is 10.1 Å². The van der Waals surface area contributed by atoms with E-state index in [2.05, 4.69) is 15.3 Å². The van der Waals surface area contributed by atoms with Gasteiger partial charge in [-0.05, 0) is 30.3 Å². The van der Waals surface area contributed by atoms with Gasteiger partial charge in [0.15, 0.2) is 5.76 Å². The molecule has 0 saturated carbocycles. The molecule has 7 heteroatoms. The maximum atomic E-state index is 14.0. The van der Waals surface area contributed by atoms with Crippen LogP contribution in [0.5, 0.6) is 5.88 Å². The smallest absolute Gasteiger partial charge is 0.256 e. The minimum atomic E-state index is -0.409. The third-order valence-corrected chi connectivity index (χ3v) is 4.25. The molecule has 4 aromatic rings. The predicted octanol–water partition coefficient (Wildman–Crippen LogP) is 4.80. The number of ether oxygens (including phenoxy) is 1. The maximum absolute atomic E-state index is 14.0. The van der Waals surface area contributed by atoms with E-state index in [0.29, 0.717) is 28.3 Å². The number of rotatable bonds is 5. The zero-order valence-electron chi connectivity index (χ0n) is 15.4. The monoisotopic (exact) mass is 389 g/mol. The molecule has 0 unspecified atom stereocenters. The molecule has 0 spiro atoms. The Bertz CT molecular complexity index is 1160. The van der Waals surface area contributed by atoms with E-state index in [1.807, 2.05) is 0 Å². The minimum absolute atomic E-state index is 0.224. The van der Waals surface area contributed by atoms with Gasteiger partial charge in [-0.2, -0.15) is 0 Å². The lowest BCUT2D eigenvalue weighted by Crippen LogP contribution is -2.13. The lowest BCUT2D eigenvalue weighted by atomic mass is 10.1. The van der Waals surface area contributed by atoms with Crippen molar-refractivity contribution in [3.05, 3.63) is 84.4 Å². The summed E-state index contributed by atoms with van der Waals surface area (Å²) in [5.74, 6) is 0.199. The van der Waals surface area contributed by atoms with Crippen molar-refractivity contribution in [3.8, 4) is 28.7 Å². The number of hydrogen-bond donors (Lipinski definition) is 1. The molecule has 0 atom stereocenters. The Morgan fingerprint density at radius 1 is 0.966 bits per heavy atom. The van der Waals surface area contributed by atoms with Crippen molar-refractivity contribution in [2.24, 2.45) is 0 Å². The van der Waals surface area contributed by atoms with E-state index in [1.165, 1.54) is 25.6 Å². The second kappa shape index (κ2) is 7.93. The summed E-state index contributed by atoms with van der Waals surface area (Å²) in [4.78, 5) is 21.1. The first-order valence-electron chi connectivity index (χ1n) is 8.77. The number of halogens is 1. The number of nitrogens with one attached hydrogen (secondary N) is 1. The number of carbonyl (C=O) groups excluding carboxylic acids is 1. The molecule has 1 amide bonds. The number of amides is 1. The highest BCUT2D eigenvalue weighted by molar-refractivity contribution is 6.08. The van der Waals surface area contributed by atoms with Gasteiger partial charge in [-0.25, -0.2) is 14.4 Å². The molecule has 0 radical (unpaired) electrons. The van der Waals surface area contributed by atoms with Crippen LogP contribution in [0.15, 0.2) is 77.5 Å². The Balaban J connectivity index is 1.63. The zero-order valence-corrected chi connectivity index (χ0v) is 15.4. The van der Waals surface area contributed by atoms with Crippen molar-refractivity contribution in [2.75, 3.05) is 12.4 Å². The van der Waals surface area contributed by atoms with Gasteiger partial charge >= 0.3 is 0 Å². The Hall–Kier alpha value is -4.00. The zero-order chi connectivity index (χ0) is 20.2. The van der Waals surface area contributed by atoms with Gasteiger partial charge in [-0.15, -0.1) is 0 Å². The van der Waals surface area contributed by atoms with Crippen molar-refractivity contribution in [3.63, 3.8) is 0 Å². The molecule has 0 bridgehead atoms. The Labute approximate surface area is 166 Å². The van der Waals surface area contributed by atoms with E-state index in [4.69, 9.17) is 9.15 Å². The third-order valence-electron chi connectivity index (χ3n) is 4.25. The quantitative estimate of drug-likeness (QED) is 0.530. The average Bonchev–Trinajstić information content (AvgIpc) is 3.24. The highest BCUT2D eigenvalue weighted by Crippen LogP contribution is 2.29. The van der Waals surface area contributed by atoms with Crippen LogP contribution in [0, 0.1) is 5.82 Å². The summed E-state index contributed by atoms with van der Waals surface area (Å²) in [5, 5.41) is 2.78. The largest absolute Gasteiger partial charge is 0.481 e. The number of benzene rings is 2. The van der Waals surface area contributed by atoms with Gasteiger partial charge in [0.05, 0.1) is 36.3 Å². The topological polar surface area (TPSA) is 77.2 Å². The minimum Gasteiger partial charge on any atom is -0.481 e. The number of carbonyl (C=O) groups is 1. The van der Waals surface area contributed by atoms with Crippen LogP contribution < -0.4 is 10.1 Å². The number of pyridine rings is 1. The molecular formula is C22H16FN3O3. The van der Waals surface area contributed by atoms with Gasteiger partial charge in [-0.3, -0.25) is 4.79 Å². The summed E-state index contributed by atoms with van der Waals surface area (Å²) in [6, 6.07) is 16.5. The number of anilines is 1. The fourth-order valence-electron chi connectivity index (χ4n) is 2.83. The summed E-state index contributed by atoms with van der Waals surface area (Å²) in [5.41, 5.74) is 1.68. The van der Waals surface area contributed by atoms with E-state index >= 15 is 0 Å². The Morgan fingerprint density at radius 3 is 2.45 bits per heavy atom. The summed E-state index contributed by atoms with van der Waals surface area (Å²) < 4.78 is 24.8. The summed E-state index contributed by atoms with van der Waals surface area (Å²) >= 11 is 0. The fourth-order valence-corrected chi connectivity index (χ4v) is 2.83. The van der Waals surface area contributed by atoms with E-state index in [0.717, 1.165) is 0 Å². The molecule has 0 aliphatic rings. The van der Waals surface area contributed by atoms with E-state index in [-0.39, 0.29) is 17.6 Å². The number of oxazole rings is 1. The highest BCUT2D eigenvalue weighted by Gasteiger charge is 2.18. The standard InChI is InChI=1S/C22H16FN3O3/c1-28-20-11-10-14(12-24-20)26-21(27)15-6-2-3-7-16(15)22-25-13-19(29-22)17-8-4-5-9-18(17)23/h2-13H,1H3,(H,26,27). The maximum Gasteiger partial charge on any atom is 0.256 e. The normalized spacial score (nSPS) is 10.6. The lowest BCUT2D eigenvalue weighted by Gasteiger charge is -2.08. The van der Waals surface area contributed by atoms with Gasteiger partial charge in [-0.1, -0.05) is 24.3 Å². The first-order valence-corrected chi connectivity index (χ1v) is 8.77. The van der Waals surface area contributed by atoms with Crippen LogP contribution in [-0.2, 0) is 0 Å². The van der Waals surface area contributed by atoms with Crippen molar-refractivity contribution in [1.29, 1.82) is 0 Å². The number of nitrogens with zero attached hydrogens (tertiary/aromatic N) is 2. The second-order valence-corrected chi connectivity index (χ2v) is 6.10. The van der Waals surface area contributed by atoms with Crippen LogP contribution >= 0.6 is 0 Å². The summed E-state index contributed by atoms with van der Waals surface area (Å²) in [6.07, 6.45) is 2.94. The van der Waals surface area contributed by atoms with Gasteiger partial charge < -0.3 is 14.5 Å². The van der Waals surface area contributed by atoms with Crippen molar-refractivity contribution in [1.82, 2.24) is 9.97 Å². The molecule has 144 valence electrons. The average molecular weight is 389 g/mol. The lowest BCUT2D eigenvalue weighted by molar-refractivity contribution is 0.102. The number of methoxy groups -OCH3 is 1. The van der Waals surface area contributed by atoms with E-state index < -0.39 is 5.82 Å². The van der Waals surface area contributed by atoms with Gasteiger partial charge in [0.1, 0.15) is 5.82 Å². The van der Waals surface area contributed by atoms with Gasteiger partial charge in [0, 0.05) is 11.6 Å². The molecule has 0 fully saturated rings. The van der Waals surface area contributed by atoms with E-state index in [1.54, 1.807) is 54.6 Å². The predicted molar refractivity (Wildman–Crippen MR) is 106 cm³/mol. The van der Waals surface area contributed by atoms with Gasteiger partial charge in [0.25, 0.3) is 5.91 Å². The first-order chi connectivity index (χ1) is 14.2. The fraction of sp³-hybridized carbons (Fsp3) is 0.0455. The van der Waals surface area contributed by atoms with Crippen molar-refractivity contribution >= 4 is 11.6 Å². The second-order valence-electron chi connectivity index (χ2n) is 6.10. The first kappa shape index (κ1) is 18.4. The Kier molecular flexibility index (Phi) is 5.03. The van der Waals surface area contributed by atoms with Crippen molar-refractivity contribution in [2.45, 2.75) is 0 Å². The molecule has 2 heterocycles. The molecule has 29 heavy (non-hydrogen) atoms. The molecular weight excluding hydrogens is 373 g/mol. The molecule has 2 aromatic heterocycles. The summed E-state index contributed by atoms with van der Waals surface area (Å²) in [6.45, 7) is 0. The molecule has 0 saturated heterocycles. The van der Waals surface area contributed by atoms with Crippen LogP contribution in [0.3, 0.4) is 0 Å². The highest BCUT2D eigenvalue weighted by atomic mass is 19.1. The van der Waals surface area contributed by atoms with Crippen LogP contribution in [0.25, 0.3) is 22.8 Å². The van der Waals surface area contributed by atoms with Crippen LogP contribution in [-0.4, -0.2) is 23.0 Å². The van der Waals surface area contributed by atoms with Crippen molar-refractivity contribution < 1.29 is 18.3 Å². The van der Waals surface area contributed by atoms with E-state index in [9.17, 15) is 9.18 Å². The number of hydrogen-bond acceptors (Lipinski definition) is 5. The van der Waals surface area contributed by atoms with Crippen LogP contribution in [0.1, 0.15) is 10.4 Å². The molecule has 2 aromatic carbocycles. The third kappa shape index (κ3) is 3.84. The SMILES string of the molecule is COc1ccc(NC(=O)c2ccccc2-c2ncc(-c3ccccc3F)o2)cn1. The molecule has 0 aliphatic carbocycles.